The highest BCUT2D eigenvalue weighted by molar-refractivity contribution is 9.10. The molecule has 1 aliphatic rings. The highest BCUT2D eigenvalue weighted by atomic mass is 79.9. The molecule has 1 fully saturated rings. The average Bonchev–Trinajstić information content (AvgIpc) is 2.45. The van der Waals surface area contributed by atoms with E-state index in [-0.39, 0.29) is 0 Å². The van der Waals surface area contributed by atoms with Crippen LogP contribution in [0.15, 0.2) is 22.7 Å². The van der Waals surface area contributed by atoms with Crippen LogP contribution in [-0.4, -0.2) is 25.3 Å². The van der Waals surface area contributed by atoms with Crippen molar-refractivity contribution in [1.82, 2.24) is 0 Å². The number of nitrogens with one attached hydrogen (secondary N) is 1. The summed E-state index contributed by atoms with van der Waals surface area (Å²) in [4.78, 5) is 0. The molecule has 0 unspecified atom stereocenters. The van der Waals surface area contributed by atoms with E-state index in [0.29, 0.717) is 24.3 Å². The van der Waals surface area contributed by atoms with Crippen LogP contribution in [-0.2, 0) is 4.74 Å². The summed E-state index contributed by atoms with van der Waals surface area (Å²) >= 11 is 3.40. The van der Waals surface area contributed by atoms with Gasteiger partial charge in [-0.15, -0.1) is 0 Å². The molecular weight excluding hydrogens is 318 g/mol. The van der Waals surface area contributed by atoms with Gasteiger partial charge in [-0.2, -0.15) is 5.26 Å². The molecule has 4 nitrogen and oxygen atoms in total. The first kappa shape index (κ1) is 15.3. The Morgan fingerprint density at radius 3 is 2.75 bits per heavy atom. The van der Waals surface area contributed by atoms with Gasteiger partial charge in [-0.3, -0.25) is 0 Å². The fraction of sp³-hybridized carbons (Fsp3) is 0.533. The van der Waals surface area contributed by atoms with Gasteiger partial charge in [-0.25, -0.2) is 0 Å². The zero-order valence-corrected chi connectivity index (χ0v) is 13.0. The van der Waals surface area contributed by atoms with Gasteiger partial charge in [-0.1, -0.05) is 15.9 Å². The van der Waals surface area contributed by atoms with Crippen LogP contribution < -0.4 is 11.1 Å². The van der Waals surface area contributed by atoms with Crippen LogP contribution in [0.1, 0.15) is 31.2 Å². The lowest BCUT2D eigenvalue weighted by Crippen LogP contribution is -2.31. The summed E-state index contributed by atoms with van der Waals surface area (Å²) in [5.74, 6) is 0. The van der Waals surface area contributed by atoms with Crippen molar-refractivity contribution in [3.8, 4) is 6.07 Å². The topological polar surface area (TPSA) is 71.1 Å². The number of halogens is 1. The van der Waals surface area contributed by atoms with Crippen molar-refractivity contribution < 1.29 is 4.74 Å². The lowest BCUT2D eigenvalue weighted by Gasteiger charge is -2.26. The van der Waals surface area contributed by atoms with Crippen LogP contribution in [0, 0.1) is 11.3 Å². The summed E-state index contributed by atoms with van der Waals surface area (Å²) < 4.78 is 6.75. The molecule has 0 amide bonds. The second-order valence-corrected chi connectivity index (χ2v) is 6.09. The summed E-state index contributed by atoms with van der Waals surface area (Å²) in [5.41, 5.74) is 7.45. The molecule has 0 radical (unpaired) electrons. The molecule has 5 heteroatoms. The van der Waals surface area contributed by atoms with Gasteiger partial charge >= 0.3 is 0 Å². The van der Waals surface area contributed by atoms with Gasteiger partial charge < -0.3 is 15.8 Å². The number of hydrogen-bond donors (Lipinski definition) is 2. The Morgan fingerprint density at radius 2 is 2.05 bits per heavy atom. The van der Waals surface area contributed by atoms with E-state index in [2.05, 4.69) is 27.3 Å². The van der Waals surface area contributed by atoms with Crippen molar-refractivity contribution in [2.24, 2.45) is 5.73 Å². The fourth-order valence-corrected chi connectivity index (χ4v) is 2.93. The van der Waals surface area contributed by atoms with Crippen LogP contribution in [0.3, 0.4) is 0 Å². The maximum absolute atomic E-state index is 8.92. The average molecular weight is 338 g/mol. The maximum Gasteiger partial charge on any atom is 0.0992 e. The van der Waals surface area contributed by atoms with Crippen molar-refractivity contribution in [1.29, 1.82) is 5.26 Å². The quantitative estimate of drug-likeness (QED) is 0.810. The van der Waals surface area contributed by atoms with Crippen molar-refractivity contribution in [3.05, 3.63) is 28.2 Å². The number of nitriles is 1. The van der Waals surface area contributed by atoms with E-state index in [4.69, 9.17) is 15.7 Å². The first-order valence-electron chi connectivity index (χ1n) is 6.99. The molecule has 108 valence electrons. The summed E-state index contributed by atoms with van der Waals surface area (Å²) in [6.45, 7) is 1.41. The Balaban J connectivity index is 1.71. The van der Waals surface area contributed by atoms with Gasteiger partial charge in [0.25, 0.3) is 0 Å². The van der Waals surface area contributed by atoms with Crippen LogP contribution in [0.2, 0.25) is 0 Å². The van der Waals surface area contributed by atoms with Gasteiger partial charge in [0.05, 0.1) is 24.3 Å². The number of rotatable bonds is 5. The predicted octanol–water partition coefficient (Wildman–Crippen LogP) is 3.02. The van der Waals surface area contributed by atoms with Crippen molar-refractivity contribution >= 4 is 21.6 Å². The molecule has 1 aliphatic carbocycles. The third-order valence-corrected chi connectivity index (χ3v) is 3.99. The zero-order valence-electron chi connectivity index (χ0n) is 11.4. The van der Waals surface area contributed by atoms with Crippen LogP contribution in [0.4, 0.5) is 5.69 Å². The third kappa shape index (κ3) is 4.78. The molecule has 1 aromatic rings. The first-order chi connectivity index (χ1) is 9.67. The van der Waals surface area contributed by atoms with Crippen LogP contribution in [0.25, 0.3) is 0 Å². The number of nitrogens with two attached hydrogens (primary N) is 1. The molecule has 0 spiro atoms. The second-order valence-electron chi connectivity index (χ2n) is 5.17. The lowest BCUT2D eigenvalue weighted by molar-refractivity contribution is 0.0313. The zero-order chi connectivity index (χ0) is 14.4. The van der Waals surface area contributed by atoms with E-state index in [1.807, 2.05) is 12.1 Å². The number of ether oxygens (including phenoxy) is 1. The maximum atomic E-state index is 8.92. The van der Waals surface area contributed by atoms with E-state index >= 15 is 0 Å². The van der Waals surface area contributed by atoms with Gasteiger partial charge in [0.15, 0.2) is 0 Å². The lowest BCUT2D eigenvalue weighted by atomic mass is 9.94. The normalized spacial score (nSPS) is 22.2. The molecule has 0 saturated heterocycles. The summed E-state index contributed by atoms with van der Waals surface area (Å²) in [5, 5.41) is 12.2. The molecule has 20 heavy (non-hydrogen) atoms. The minimum atomic E-state index is 0.355. The monoisotopic (exact) mass is 337 g/mol. The summed E-state index contributed by atoms with van der Waals surface area (Å²) in [7, 11) is 0. The van der Waals surface area contributed by atoms with Gasteiger partial charge in [0.2, 0.25) is 0 Å². The largest absolute Gasteiger partial charge is 0.383 e. The summed E-state index contributed by atoms with van der Waals surface area (Å²) in [6.07, 6.45) is 4.62. The van der Waals surface area contributed by atoms with E-state index in [0.717, 1.165) is 42.4 Å². The highest BCUT2D eigenvalue weighted by Crippen LogP contribution is 2.20. The van der Waals surface area contributed by atoms with E-state index in [9.17, 15) is 0 Å². The van der Waals surface area contributed by atoms with Crippen LogP contribution >= 0.6 is 15.9 Å². The van der Waals surface area contributed by atoms with Gasteiger partial charge in [0, 0.05) is 22.7 Å². The molecule has 0 bridgehead atoms. The molecule has 0 atom stereocenters. The molecule has 0 aromatic heterocycles. The Labute approximate surface area is 128 Å². The Hall–Kier alpha value is -1.09. The molecule has 1 aromatic carbocycles. The highest BCUT2D eigenvalue weighted by Gasteiger charge is 2.18. The van der Waals surface area contributed by atoms with Gasteiger partial charge in [0.1, 0.15) is 0 Å². The summed E-state index contributed by atoms with van der Waals surface area (Å²) in [6, 6.07) is 8.10. The second kappa shape index (κ2) is 7.63. The third-order valence-electron chi connectivity index (χ3n) is 3.53. The Bertz CT molecular complexity index is 478. The Morgan fingerprint density at radius 1 is 1.30 bits per heavy atom. The molecule has 0 aliphatic heterocycles. The first-order valence-corrected chi connectivity index (χ1v) is 7.78. The van der Waals surface area contributed by atoms with Crippen molar-refractivity contribution in [2.75, 3.05) is 18.5 Å². The number of anilines is 1. The number of hydrogen-bond acceptors (Lipinski definition) is 4. The van der Waals surface area contributed by atoms with Crippen LogP contribution in [0.5, 0.6) is 0 Å². The molecule has 0 heterocycles. The minimum Gasteiger partial charge on any atom is -0.383 e. The molecule has 2 rings (SSSR count). The fourth-order valence-electron chi connectivity index (χ4n) is 2.43. The van der Waals surface area contributed by atoms with E-state index < -0.39 is 0 Å². The number of benzene rings is 1. The SMILES string of the molecule is N#Cc1cc(Br)cc(NCCOC2CCC(N)CC2)c1. The predicted molar refractivity (Wildman–Crippen MR) is 83.5 cm³/mol. The molecule has 1 saturated carbocycles. The van der Waals surface area contributed by atoms with E-state index in [1.165, 1.54) is 0 Å². The molecule has 3 N–H and O–H groups in total. The Kier molecular flexibility index (Phi) is 5.84. The molecular formula is C15H20BrN3O. The number of nitrogens with zero attached hydrogens (tertiary/aromatic N) is 1. The van der Waals surface area contributed by atoms with Crippen molar-refractivity contribution in [3.63, 3.8) is 0 Å². The minimum absolute atomic E-state index is 0.355. The smallest absolute Gasteiger partial charge is 0.0992 e. The standard InChI is InChI=1S/C15H20BrN3O/c16-12-7-11(10-17)8-14(9-12)19-5-6-20-15-3-1-13(18)2-4-15/h7-9,13,15,19H,1-6,18H2. The van der Waals surface area contributed by atoms with Gasteiger partial charge in [-0.05, 0) is 43.9 Å². The van der Waals surface area contributed by atoms with Crippen molar-refractivity contribution in [2.45, 2.75) is 37.8 Å². The van der Waals surface area contributed by atoms with E-state index in [1.54, 1.807) is 6.07 Å².